The van der Waals surface area contributed by atoms with Crippen molar-refractivity contribution in [3.63, 3.8) is 0 Å². The minimum absolute atomic E-state index is 0.896. The number of fused-ring (bicyclic) bond motifs is 10. The second kappa shape index (κ2) is 7.11. The van der Waals surface area contributed by atoms with Gasteiger partial charge in [0.15, 0.2) is 0 Å². The number of nitrogens with zero attached hydrogens (tertiary/aromatic N) is 6. The number of rotatable bonds is 2. The highest BCUT2D eigenvalue weighted by Crippen LogP contribution is 2.34. The van der Waals surface area contributed by atoms with Crippen LogP contribution in [0.3, 0.4) is 0 Å². The Labute approximate surface area is 216 Å². The Bertz CT molecular complexity index is 2160. The lowest BCUT2D eigenvalue weighted by atomic mass is 10.2. The molecule has 178 valence electrons. The van der Waals surface area contributed by atoms with Crippen molar-refractivity contribution in [3.05, 3.63) is 121 Å². The predicted molar refractivity (Wildman–Crippen MR) is 153 cm³/mol. The number of benzene rings is 5. The van der Waals surface area contributed by atoms with Gasteiger partial charge in [0.25, 0.3) is 0 Å². The maximum Gasteiger partial charge on any atom is 0.220 e. The Balaban J connectivity index is 1.43. The average Bonchev–Trinajstić information content (AvgIpc) is 3.68. The Morgan fingerprint density at radius 2 is 0.737 bits per heavy atom. The van der Waals surface area contributed by atoms with Crippen LogP contribution in [0.2, 0.25) is 0 Å². The van der Waals surface area contributed by atoms with Gasteiger partial charge >= 0.3 is 0 Å². The van der Waals surface area contributed by atoms with Crippen molar-refractivity contribution in [1.29, 1.82) is 0 Å². The smallest absolute Gasteiger partial charge is 0.220 e. The molecule has 4 heterocycles. The fourth-order valence-electron chi connectivity index (χ4n) is 5.96. The van der Waals surface area contributed by atoms with Crippen molar-refractivity contribution in [2.75, 3.05) is 0 Å². The van der Waals surface area contributed by atoms with Gasteiger partial charge in [0.1, 0.15) is 0 Å². The molecule has 0 N–H and O–H groups in total. The zero-order chi connectivity index (χ0) is 24.8. The summed E-state index contributed by atoms with van der Waals surface area (Å²) >= 11 is 0. The van der Waals surface area contributed by atoms with Gasteiger partial charge in [-0.3, -0.25) is 17.9 Å². The average molecular weight is 489 g/mol. The number of hydrogen-bond acceptors (Lipinski definition) is 2. The van der Waals surface area contributed by atoms with E-state index in [1.807, 2.05) is 12.1 Å². The van der Waals surface area contributed by atoms with Crippen molar-refractivity contribution in [2.45, 2.75) is 0 Å². The molecule has 9 rings (SSSR count). The lowest BCUT2D eigenvalue weighted by Gasteiger charge is -2.04. The zero-order valence-electron chi connectivity index (χ0n) is 20.2. The van der Waals surface area contributed by atoms with Crippen LogP contribution >= 0.6 is 0 Å². The van der Waals surface area contributed by atoms with E-state index >= 15 is 0 Å². The minimum Gasteiger partial charge on any atom is -0.278 e. The molecule has 0 bridgehead atoms. The van der Waals surface area contributed by atoms with E-state index in [1.54, 1.807) is 0 Å². The summed E-state index contributed by atoms with van der Waals surface area (Å²) in [4.78, 5) is 10.4. The van der Waals surface area contributed by atoms with Gasteiger partial charge in [-0.05, 0) is 60.7 Å². The summed E-state index contributed by atoms with van der Waals surface area (Å²) in [5, 5.41) is 0. The first-order valence-electron chi connectivity index (χ1n) is 12.7. The van der Waals surface area contributed by atoms with E-state index < -0.39 is 0 Å². The van der Waals surface area contributed by atoms with Crippen molar-refractivity contribution in [2.24, 2.45) is 0 Å². The monoisotopic (exact) mass is 488 g/mol. The maximum absolute atomic E-state index is 5.19. The lowest BCUT2D eigenvalue weighted by molar-refractivity contribution is 1.11. The molecule has 0 saturated carbocycles. The normalized spacial score (nSPS) is 12.2. The van der Waals surface area contributed by atoms with Gasteiger partial charge in [0.2, 0.25) is 11.6 Å². The Morgan fingerprint density at radius 3 is 1.16 bits per heavy atom. The largest absolute Gasteiger partial charge is 0.278 e. The summed E-state index contributed by atoms with van der Waals surface area (Å²) in [5.74, 6) is 1.79. The summed E-state index contributed by atoms with van der Waals surface area (Å²) in [5.41, 5.74) is 10.7. The topological polar surface area (TPSA) is 44.5 Å². The van der Waals surface area contributed by atoms with Gasteiger partial charge in [-0.15, -0.1) is 0 Å². The van der Waals surface area contributed by atoms with E-state index in [0.29, 0.717) is 0 Å². The van der Waals surface area contributed by atoms with Crippen LogP contribution in [0.15, 0.2) is 121 Å². The lowest BCUT2D eigenvalue weighted by Crippen LogP contribution is -1.94. The van der Waals surface area contributed by atoms with Gasteiger partial charge in [-0.2, -0.15) is 0 Å². The Kier molecular flexibility index (Phi) is 3.70. The summed E-state index contributed by atoms with van der Waals surface area (Å²) in [7, 11) is 0. The zero-order valence-corrected chi connectivity index (χ0v) is 20.2. The second-order valence-electron chi connectivity index (χ2n) is 9.64. The highest BCUT2D eigenvalue weighted by Gasteiger charge is 2.21. The molecule has 4 aromatic heterocycles. The summed E-state index contributed by atoms with van der Waals surface area (Å²) < 4.78 is 8.98. The van der Waals surface area contributed by atoms with Gasteiger partial charge in [-0.1, -0.05) is 60.7 Å². The Hall–Kier alpha value is -5.36. The first kappa shape index (κ1) is 19.8. The first-order chi connectivity index (χ1) is 18.9. The van der Waals surface area contributed by atoms with Crippen LogP contribution in [0.5, 0.6) is 0 Å². The molecule has 0 radical (unpaired) electrons. The molecule has 38 heavy (non-hydrogen) atoms. The van der Waals surface area contributed by atoms with Crippen LogP contribution in [0, 0.1) is 0 Å². The van der Waals surface area contributed by atoms with Crippen LogP contribution in [-0.2, 0) is 0 Å². The van der Waals surface area contributed by atoms with Crippen molar-refractivity contribution in [3.8, 4) is 11.4 Å². The fourth-order valence-corrected chi connectivity index (χ4v) is 5.96. The molecule has 0 unspecified atom stereocenters. The van der Waals surface area contributed by atoms with E-state index in [-0.39, 0.29) is 0 Å². The third-order valence-electron chi connectivity index (χ3n) is 7.55. The molecule has 0 aliphatic carbocycles. The summed E-state index contributed by atoms with van der Waals surface area (Å²) in [6.45, 7) is 0. The second-order valence-corrected chi connectivity index (χ2v) is 9.64. The molecule has 0 fully saturated rings. The molecule has 6 heteroatoms. The molecule has 0 atom stereocenters. The van der Waals surface area contributed by atoms with Crippen molar-refractivity contribution in [1.82, 2.24) is 27.9 Å². The van der Waals surface area contributed by atoms with E-state index in [9.17, 15) is 0 Å². The molecule has 5 aromatic carbocycles. The van der Waals surface area contributed by atoms with E-state index in [2.05, 4.69) is 127 Å². The Morgan fingerprint density at radius 1 is 0.368 bits per heavy atom. The summed E-state index contributed by atoms with van der Waals surface area (Å²) in [6.07, 6.45) is 0. The number of hydrogen-bond donors (Lipinski definition) is 0. The molecule has 6 nitrogen and oxygen atoms in total. The fraction of sp³-hybridized carbons (Fsp3) is 0. The number of imidazole rings is 4. The van der Waals surface area contributed by atoms with Gasteiger partial charge in [-0.25, -0.2) is 9.97 Å². The quantitative estimate of drug-likeness (QED) is 0.259. The molecule has 0 aliphatic heterocycles. The van der Waals surface area contributed by atoms with Crippen molar-refractivity contribution >= 4 is 55.7 Å². The van der Waals surface area contributed by atoms with Gasteiger partial charge in [0, 0.05) is 11.4 Å². The van der Waals surface area contributed by atoms with E-state index in [4.69, 9.17) is 9.97 Å². The maximum atomic E-state index is 5.19. The summed E-state index contributed by atoms with van der Waals surface area (Å²) in [6, 6.07) is 42.2. The standard InChI is InChI=1S/C32H20N6/c1-3-11-21(12-4-1)35-25-15-7-9-17-27(25)37-29-20-24-30(19-23(29)33-31(35)37)38-28-18-10-8-16-26(28)36(32(38)34-24)22-13-5-2-6-14-22/h1-20H. The molecule has 9 aromatic rings. The van der Waals surface area contributed by atoms with E-state index in [1.165, 1.54) is 0 Å². The molecule has 0 saturated heterocycles. The SMILES string of the molecule is c1ccc(-n2c3ccccc3n3c4cc5nc6n(-c7ccccc7)c7ccccc7n6c5cc4nc23)cc1. The number of aromatic nitrogens is 6. The van der Waals surface area contributed by atoms with Crippen LogP contribution in [0.1, 0.15) is 0 Å². The van der Waals surface area contributed by atoms with Crippen LogP contribution in [-0.4, -0.2) is 27.9 Å². The molecule has 0 spiro atoms. The third-order valence-corrected chi connectivity index (χ3v) is 7.55. The highest BCUT2D eigenvalue weighted by molar-refractivity contribution is 6.01. The predicted octanol–water partition coefficient (Wildman–Crippen LogP) is 7.18. The molecular formula is C32H20N6. The molecule has 0 aliphatic rings. The van der Waals surface area contributed by atoms with E-state index in [0.717, 1.165) is 67.1 Å². The first-order valence-corrected chi connectivity index (χ1v) is 12.7. The van der Waals surface area contributed by atoms with Gasteiger partial charge < -0.3 is 0 Å². The van der Waals surface area contributed by atoms with Gasteiger partial charge in [0.05, 0.1) is 44.1 Å². The van der Waals surface area contributed by atoms with Crippen LogP contribution < -0.4 is 0 Å². The molecular weight excluding hydrogens is 468 g/mol. The number of para-hydroxylation sites is 6. The van der Waals surface area contributed by atoms with Crippen molar-refractivity contribution < 1.29 is 0 Å². The third kappa shape index (κ3) is 2.46. The van der Waals surface area contributed by atoms with Crippen LogP contribution in [0.25, 0.3) is 67.1 Å². The molecule has 0 amide bonds. The minimum atomic E-state index is 0.896. The highest BCUT2D eigenvalue weighted by atomic mass is 15.2. The van der Waals surface area contributed by atoms with Crippen LogP contribution in [0.4, 0.5) is 0 Å².